The van der Waals surface area contributed by atoms with Gasteiger partial charge in [-0.1, -0.05) is 26.0 Å². The molecule has 22 heavy (non-hydrogen) atoms. The second-order valence-corrected chi connectivity index (χ2v) is 5.51. The van der Waals surface area contributed by atoms with E-state index in [1.54, 1.807) is 19.2 Å². The Balaban J connectivity index is 2.13. The van der Waals surface area contributed by atoms with Crippen molar-refractivity contribution >= 4 is 5.69 Å². The summed E-state index contributed by atoms with van der Waals surface area (Å²) in [5.41, 5.74) is 1.86. The Bertz CT molecular complexity index is 597. The summed E-state index contributed by atoms with van der Waals surface area (Å²) in [6.07, 6.45) is 0. The molecule has 0 spiro atoms. The third kappa shape index (κ3) is 4.38. The monoisotopic (exact) mass is 303 g/mol. The Morgan fingerprint density at radius 1 is 1.09 bits per heavy atom. The normalized spacial score (nSPS) is 10.6. The minimum absolute atomic E-state index is 0.243. The van der Waals surface area contributed by atoms with Crippen LogP contribution in [0.5, 0.6) is 11.5 Å². The molecule has 0 amide bonds. The maximum absolute atomic E-state index is 12.9. The van der Waals surface area contributed by atoms with Crippen LogP contribution in [0.15, 0.2) is 42.5 Å². The molecule has 3 nitrogen and oxygen atoms in total. The molecule has 0 aliphatic heterocycles. The summed E-state index contributed by atoms with van der Waals surface area (Å²) in [4.78, 5) is 0. The minimum atomic E-state index is -0.243. The van der Waals surface area contributed by atoms with Gasteiger partial charge in [0.05, 0.1) is 13.7 Å². The number of hydrogen-bond acceptors (Lipinski definition) is 3. The molecule has 118 valence electrons. The number of halogens is 1. The average molecular weight is 303 g/mol. The van der Waals surface area contributed by atoms with E-state index < -0.39 is 0 Å². The first-order valence-corrected chi connectivity index (χ1v) is 7.38. The minimum Gasteiger partial charge on any atom is -0.493 e. The third-order valence-electron chi connectivity index (χ3n) is 3.17. The fraction of sp³-hybridized carbons (Fsp3) is 0.333. The van der Waals surface area contributed by atoms with E-state index in [0.717, 1.165) is 22.7 Å². The van der Waals surface area contributed by atoms with Crippen LogP contribution < -0.4 is 14.8 Å². The van der Waals surface area contributed by atoms with Crippen molar-refractivity contribution in [1.29, 1.82) is 0 Å². The van der Waals surface area contributed by atoms with E-state index in [4.69, 9.17) is 9.47 Å². The predicted octanol–water partition coefficient (Wildman–Crippen LogP) is 4.48. The molecule has 0 bridgehead atoms. The van der Waals surface area contributed by atoms with Crippen LogP contribution in [0.1, 0.15) is 19.4 Å². The zero-order chi connectivity index (χ0) is 15.9. The molecular weight excluding hydrogens is 281 g/mol. The molecule has 0 radical (unpaired) electrons. The number of rotatable bonds is 7. The molecule has 2 aromatic rings. The van der Waals surface area contributed by atoms with E-state index >= 15 is 0 Å². The van der Waals surface area contributed by atoms with Gasteiger partial charge in [0.15, 0.2) is 11.5 Å². The molecular formula is C18H22FNO2. The van der Waals surface area contributed by atoms with Gasteiger partial charge in [-0.05, 0) is 36.2 Å². The first kappa shape index (κ1) is 16.1. The molecule has 0 aliphatic rings. The second kappa shape index (κ2) is 7.69. The van der Waals surface area contributed by atoms with Gasteiger partial charge in [-0.25, -0.2) is 4.39 Å². The van der Waals surface area contributed by atoms with Gasteiger partial charge in [0.1, 0.15) is 5.82 Å². The van der Waals surface area contributed by atoms with Crippen LogP contribution in [0.3, 0.4) is 0 Å². The summed E-state index contributed by atoms with van der Waals surface area (Å²) >= 11 is 0. The fourth-order valence-electron chi connectivity index (χ4n) is 2.04. The molecule has 2 rings (SSSR count). The summed E-state index contributed by atoms with van der Waals surface area (Å²) in [5, 5.41) is 3.27. The maximum atomic E-state index is 12.9. The van der Waals surface area contributed by atoms with Crippen molar-refractivity contribution in [3.8, 4) is 11.5 Å². The van der Waals surface area contributed by atoms with Gasteiger partial charge in [-0.15, -0.1) is 0 Å². The van der Waals surface area contributed by atoms with E-state index in [0.29, 0.717) is 19.1 Å². The lowest BCUT2D eigenvalue weighted by Gasteiger charge is -2.17. The van der Waals surface area contributed by atoms with Gasteiger partial charge in [-0.3, -0.25) is 0 Å². The first-order valence-electron chi connectivity index (χ1n) is 7.38. The van der Waals surface area contributed by atoms with Crippen molar-refractivity contribution in [1.82, 2.24) is 0 Å². The molecule has 0 saturated carbocycles. The molecule has 0 unspecified atom stereocenters. The Morgan fingerprint density at radius 2 is 1.82 bits per heavy atom. The van der Waals surface area contributed by atoms with Crippen LogP contribution in [-0.4, -0.2) is 13.7 Å². The van der Waals surface area contributed by atoms with Gasteiger partial charge in [0.2, 0.25) is 0 Å². The van der Waals surface area contributed by atoms with E-state index in [2.05, 4.69) is 19.2 Å². The largest absolute Gasteiger partial charge is 0.493 e. The number of anilines is 1. The van der Waals surface area contributed by atoms with Crippen LogP contribution in [0, 0.1) is 11.7 Å². The lowest BCUT2D eigenvalue weighted by molar-refractivity contribution is 0.254. The Labute approximate surface area is 131 Å². The van der Waals surface area contributed by atoms with Crippen molar-refractivity contribution in [2.45, 2.75) is 20.4 Å². The summed E-state index contributed by atoms with van der Waals surface area (Å²) in [5.74, 6) is 1.67. The third-order valence-corrected chi connectivity index (χ3v) is 3.17. The molecule has 1 N–H and O–H groups in total. The number of methoxy groups -OCH3 is 1. The smallest absolute Gasteiger partial charge is 0.166 e. The zero-order valence-corrected chi connectivity index (χ0v) is 13.2. The predicted molar refractivity (Wildman–Crippen MR) is 87.1 cm³/mol. The highest BCUT2D eigenvalue weighted by Gasteiger charge is 2.11. The Morgan fingerprint density at radius 3 is 2.45 bits per heavy atom. The highest BCUT2D eigenvalue weighted by molar-refractivity contribution is 5.50. The van der Waals surface area contributed by atoms with E-state index in [1.165, 1.54) is 12.1 Å². The quantitative estimate of drug-likeness (QED) is 0.818. The Hall–Kier alpha value is -2.23. The van der Waals surface area contributed by atoms with Crippen molar-refractivity contribution in [3.05, 3.63) is 53.8 Å². The number of para-hydroxylation sites is 1. The standard InChI is InChI=1S/C18H22FNO2/c1-13(2)12-22-18-14(5-4-6-17(18)21-3)11-20-16-9-7-15(19)8-10-16/h4-10,13,20H,11-12H2,1-3H3. The summed E-state index contributed by atoms with van der Waals surface area (Å²) < 4.78 is 24.2. The molecule has 0 aliphatic carbocycles. The SMILES string of the molecule is COc1cccc(CNc2ccc(F)cc2)c1OCC(C)C. The summed E-state index contributed by atoms with van der Waals surface area (Å²) in [7, 11) is 1.63. The number of benzene rings is 2. The van der Waals surface area contributed by atoms with Crippen LogP contribution in [0.25, 0.3) is 0 Å². The van der Waals surface area contributed by atoms with Gasteiger partial charge in [0.25, 0.3) is 0 Å². The van der Waals surface area contributed by atoms with E-state index in [-0.39, 0.29) is 5.82 Å². The van der Waals surface area contributed by atoms with E-state index in [9.17, 15) is 4.39 Å². The second-order valence-electron chi connectivity index (χ2n) is 5.51. The molecule has 0 atom stereocenters. The highest BCUT2D eigenvalue weighted by atomic mass is 19.1. The molecule has 4 heteroatoms. The lowest BCUT2D eigenvalue weighted by Crippen LogP contribution is -2.09. The van der Waals surface area contributed by atoms with Crippen LogP contribution in [0.4, 0.5) is 10.1 Å². The fourth-order valence-corrected chi connectivity index (χ4v) is 2.04. The van der Waals surface area contributed by atoms with Gasteiger partial charge >= 0.3 is 0 Å². The number of ether oxygens (including phenoxy) is 2. The Kier molecular flexibility index (Phi) is 5.64. The van der Waals surface area contributed by atoms with Gasteiger partial charge < -0.3 is 14.8 Å². The molecule has 0 saturated heterocycles. The van der Waals surface area contributed by atoms with Crippen molar-refractivity contribution in [3.63, 3.8) is 0 Å². The number of nitrogens with one attached hydrogen (secondary N) is 1. The van der Waals surface area contributed by atoms with Crippen molar-refractivity contribution in [2.24, 2.45) is 5.92 Å². The van der Waals surface area contributed by atoms with Crippen molar-refractivity contribution in [2.75, 3.05) is 19.0 Å². The topological polar surface area (TPSA) is 30.5 Å². The number of hydrogen-bond donors (Lipinski definition) is 1. The first-order chi connectivity index (χ1) is 10.6. The summed E-state index contributed by atoms with van der Waals surface area (Å²) in [6, 6.07) is 12.1. The zero-order valence-electron chi connectivity index (χ0n) is 13.2. The van der Waals surface area contributed by atoms with E-state index in [1.807, 2.05) is 18.2 Å². The van der Waals surface area contributed by atoms with Gasteiger partial charge in [-0.2, -0.15) is 0 Å². The summed E-state index contributed by atoms with van der Waals surface area (Å²) in [6.45, 7) is 5.41. The molecule has 0 heterocycles. The lowest BCUT2D eigenvalue weighted by atomic mass is 10.1. The average Bonchev–Trinajstić information content (AvgIpc) is 2.52. The molecule has 2 aromatic carbocycles. The molecule has 0 fully saturated rings. The van der Waals surface area contributed by atoms with Gasteiger partial charge in [0, 0.05) is 17.8 Å². The highest BCUT2D eigenvalue weighted by Crippen LogP contribution is 2.32. The van der Waals surface area contributed by atoms with Crippen molar-refractivity contribution < 1.29 is 13.9 Å². The van der Waals surface area contributed by atoms with Crippen LogP contribution >= 0.6 is 0 Å². The maximum Gasteiger partial charge on any atom is 0.166 e. The van der Waals surface area contributed by atoms with Crippen LogP contribution in [-0.2, 0) is 6.54 Å². The molecule has 0 aromatic heterocycles. The van der Waals surface area contributed by atoms with Crippen LogP contribution in [0.2, 0.25) is 0 Å².